The quantitative estimate of drug-likeness (QED) is 0.850. The Morgan fingerprint density at radius 2 is 2.07 bits per heavy atom. The highest BCUT2D eigenvalue weighted by atomic mass is 16.2. The summed E-state index contributed by atoms with van der Waals surface area (Å²) in [6, 6.07) is 3.64. The van der Waals surface area contributed by atoms with Crippen molar-refractivity contribution >= 4 is 5.91 Å². The molecule has 1 amide bonds. The van der Waals surface area contributed by atoms with Gasteiger partial charge in [0.15, 0.2) is 0 Å². The maximum Gasteiger partial charge on any atom is 0.254 e. The highest BCUT2D eigenvalue weighted by Gasteiger charge is 2.37. The molecule has 0 unspecified atom stereocenters. The minimum Gasteiger partial charge on any atom is -0.336 e. The molecule has 2 aliphatic carbocycles. The van der Waals surface area contributed by atoms with Gasteiger partial charge in [-0.2, -0.15) is 0 Å². The zero-order valence-electron chi connectivity index (χ0n) is 15.1. The van der Waals surface area contributed by atoms with Gasteiger partial charge in [-0.3, -0.25) is 14.6 Å². The molecule has 6 heteroatoms. The van der Waals surface area contributed by atoms with E-state index in [0.29, 0.717) is 55.1 Å². The number of nitrogens with zero attached hydrogens (tertiary/aromatic N) is 3. The van der Waals surface area contributed by atoms with Gasteiger partial charge in [0.05, 0.1) is 12.2 Å². The van der Waals surface area contributed by atoms with Gasteiger partial charge < -0.3 is 9.88 Å². The van der Waals surface area contributed by atoms with Crippen molar-refractivity contribution in [2.45, 2.75) is 32.2 Å². The maximum atomic E-state index is 12.9. The summed E-state index contributed by atoms with van der Waals surface area (Å²) in [5, 5.41) is 0. The highest BCUT2D eigenvalue weighted by Crippen LogP contribution is 2.45. The number of aromatic amines is 1. The molecule has 2 bridgehead atoms. The first kappa shape index (κ1) is 16.4. The van der Waals surface area contributed by atoms with Crippen molar-refractivity contribution in [2.24, 2.45) is 17.8 Å². The van der Waals surface area contributed by atoms with Gasteiger partial charge in [-0.25, -0.2) is 4.98 Å². The predicted octanol–water partition coefficient (Wildman–Crippen LogP) is 2.32. The molecule has 2 aromatic rings. The van der Waals surface area contributed by atoms with Gasteiger partial charge in [-0.15, -0.1) is 0 Å². The van der Waals surface area contributed by atoms with E-state index in [0.717, 1.165) is 17.7 Å². The van der Waals surface area contributed by atoms with E-state index in [-0.39, 0.29) is 11.5 Å². The SMILES string of the molecule is O=C(C[C@@H]1C[C@@H]2C=C[C@H]1C2)N1CCc2c(nc(-c3ccncc3)[nH]c2=O)C1. The van der Waals surface area contributed by atoms with Gasteiger partial charge in [0.25, 0.3) is 5.56 Å². The average Bonchev–Trinajstić information content (AvgIpc) is 3.31. The highest BCUT2D eigenvalue weighted by molar-refractivity contribution is 5.77. The summed E-state index contributed by atoms with van der Waals surface area (Å²) in [6.45, 7) is 1.02. The lowest BCUT2D eigenvalue weighted by Crippen LogP contribution is -2.40. The Kier molecular flexibility index (Phi) is 3.92. The van der Waals surface area contributed by atoms with E-state index >= 15 is 0 Å². The van der Waals surface area contributed by atoms with E-state index in [9.17, 15) is 9.59 Å². The molecular formula is C21H22N4O2. The van der Waals surface area contributed by atoms with Crippen LogP contribution in [0.3, 0.4) is 0 Å². The Bertz CT molecular complexity index is 966. The minimum atomic E-state index is -0.0999. The summed E-state index contributed by atoms with van der Waals surface area (Å²) >= 11 is 0. The monoisotopic (exact) mass is 362 g/mol. The standard InChI is InChI=1S/C21H22N4O2/c26-19(11-16-10-13-1-2-15(16)9-13)25-8-5-17-18(12-25)23-20(24-21(17)27)14-3-6-22-7-4-14/h1-4,6-7,13,15-16H,5,8-12H2,(H,23,24,27)/t13-,15+,16+/m1/s1. The second kappa shape index (κ2) is 6.44. The van der Waals surface area contributed by atoms with Gasteiger partial charge in [-0.05, 0) is 49.1 Å². The Hall–Kier alpha value is -2.76. The van der Waals surface area contributed by atoms with Crippen molar-refractivity contribution < 1.29 is 4.79 Å². The number of rotatable bonds is 3. The summed E-state index contributed by atoms with van der Waals surface area (Å²) in [5.74, 6) is 2.47. The first-order valence-corrected chi connectivity index (χ1v) is 9.66. The van der Waals surface area contributed by atoms with Gasteiger partial charge >= 0.3 is 0 Å². The number of fused-ring (bicyclic) bond motifs is 3. The second-order valence-corrected chi connectivity index (χ2v) is 7.89. The van der Waals surface area contributed by atoms with Crippen molar-refractivity contribution in [3.8, 4) is 11.4 Å². The lowest BCUT2D eigenvalue weighted by atomic mass is 9.90. The molecule has 0 radical (unpaired) electrons. The fraction of sp³-hybridized carbons (Fsp3) is 0.429. The smallest absolute Gasteiger partial charge is 0.254 e. The number of pyridine rings is 1. The molecular weight excluding hydrogens is 340 g/mol. The van der Waals surface area contributed by atoms with Crippen molar-refractivity contribution in [2.75, 3.05) is 6.54 Å². The molecule has 138 valence electrons. The third-order valence-electron chi connectivity index (χ3n) is 6.23. The number of carbonyl (C=O) groups excluding carboxylic acids is 1. The van der Waals surface area contributed by atoms with Crippen LogP contribution in [-0.2, 0) is 17.8 Å². The van der Waals surface area contributed by atoms with Crippen LogP contribution >= 0.6 is 0 Å². The summed E-state index contributed by atoms with van der Waals surface area (Å²) in [4.78, 5) is 38.7. The first-order valence-electron chi connectivity index (χ1n) is 9.66. The zero-order chi connectivity index (χ0) is 18.4. The normalized spacial score (nSPS) is 25.6. The number of aromatic nitrogens is 3. The van der Waals surface area contributed by atoms with Crippen molar-refractivity contribution in [1.82, 2.24) is 19.9 Å². The molecule has 1 aliphatic heterocycles. The largest absolute Gasteiger partial charge is 0.336 e. The molecule has 0 aromatic carbocycles. The molecule has 3 atom stereocenters. The third kappa shape index (κ3) is 2.99. The van der Waals surface area contributed by atoms with Crippen LogP contribution in [0.4, 0.5) is 0 Å². The number of carbonyl (C=O) groups is 1. The topological polar surface area (TPSA) is 79.0 Å². The molecule has 6 nitrogen and oxygen atoms in total. The molecule has 1 saturated carbocycles. The molecule has 5 rings (SSSR count). The van der Waals surface area contributed by atoms with Crippen LogP contribution in [0, 0.1) is 17.8 Å². The number of hydrogen-bond donors (Lipinski definition) is 1. The van der Waals surface area contributed by atoms with Crippen LogP contribution in [0.5, 0.6) is 0 Å². The Morgan fingerprint density at radius 1 is 1.22 bits per heavy atom. The van der Waals surface area contributed by atoms with Crippen molar-refractivity contribution in [3.05, 3.63) is 58.3 Å². The van der Waals surface area contributed by atoms with Gasteiger partial charge in [0, 0.05) is 36.5 Å². The number of allylic oxidation sites excluding steroid dienone is 2. The lowest BCUT2D eigenvalue weighted by molar-refractivity contribution is -0.133. The molecule has 1 fully saturated rings. The Balaban J connectivity index is 1.35. The number of H-pyrrole nitrogens is 1. The van der Waals surface area contributed by atoms with Gasteiger partial charge in [-0.1, -0.05) is 12.2 Å². The van der Waals surface area contributed by atoms with Crippen LogP contribution in [0.1, 0.15) is 30.5 Å². The Morgan fingerprint density at radius 3 is 2.81 bits per heavy atom. The third-order valence-corrected chi connectivity index (χ3v) is 6.23. The summed E-state index contributed by atoms with van der Waals surface area (Å²) in [6.07, 6.45) is 11.5. The number of nitrogens with one attached hydrogen (secondary N) is 1. The van der Waals surface area contributed by atoms with Crippen LogP contribution in [0.25, 0.3) is 11.4 Å². The van der Waals surface area contributed by atoms with E-state index in [1.807, 2.05) is 17.0 Å². The van der Waals surface area contributed by atoms with E-state index in [1.54, 1.807) is 12.4 Å². The molecule has 0 saturated heterocycles. The van der Waals surface area contributed by atoms with E-state index < -0.39 is 0 Å². The molecule has 27 heavy (non-hydrogen) atoms. The number of amides is 1. The minimum absolute atomic E-state index is 0.0999. The molecule has 2 aromatic heterocycles. The fourth-order valence-electron chi connectivity index (χ4n) is 4.78. The van der Waals surface area contributed by atoms with Crippen LogP contribution < -0.4 is 5.56 Å². The Labute approximate surface area is 157 Å². The summed E-state index contributed by atoms with van der Waals surface area (Å²) in [7, 11) is 0. The van der Waals surface area contributed by atoms with E-state index in [2.05, 4.69) is 27.1 Å². The van der Waals surface area contributed by atoms with Crippen molar-refractivity contribution in [1.29, 1.82) is 0 Å². The molecule has 3 heterocycles. The maximum absolute atomic E-state index is 12.9. The van der Waals surface area contributed by atoms with Gasteiger partial charge in [0.2, 0.25) is 5.91 Å². The van der Waals surface area contributed by atoms with E-state index in [1.165, 1.54) is 6.42 Å². The average molecular weight is 362 g/mol. The molecule has 1 N–H and O–H groups in total. The lowest BCUT2D eigenvalue weighted by Gasteiger charge is -2.29. The van der Waals surface area contributed by atoms with Crippen molar-refractivity contribution in [3.63, 3.8) is 0 Å². The van der Waals surface area contributed by atoms with E-state index in [4.69, 9.17) is 0 Å². The van der Waals surface area contributed by atoms with Crippen LogP contribution in [0.2, 0.25) is 0 Å². The summed E-state index contributed by atoms with van der Waals surface area (Å²) < 4.78 is 0. The summed E-state index contributed by atoms with van der Waals surface area (Å²) in [5.41, 5.74) is 2.15. The second-order valence-electron chi connectivity index (χ2n) is 7.89. The van der Waals surface area contributed by atoms with Crippen LogP contribution in [0.15, 0.2) is 41.5 Å². The molecule has 0 spiro atoms. The predicted molar refractivity (Wildman–Crippen MR) is 101 cm³/mol. The molecule has 3 aliphatic rings. The number of hydrogen-bond acceptors (Lipinski definition) is 4. The fourth-order valence-corrected chi connectivity index (χ4v) is 4.78. The zero-order valence-corrected chi connectivity index (χ0v) is 15.1. The van der Waals surface area contributed by atoms with Crippen LogP contribution in [-0.4, -0.2) is 32.3 Å². The van der Waals surface area contributed by atoms with Gasteiger partial charge in [0.1, 0.15) is 5.82 Å². The first-order chi connectivity index (χ1) is 13.2.